The molecule has 0 aromatic heterocycles. The molecule has 0 rings (SSSR count). The second-order valence-corrected chi connectivity index (χ2v) is 18.1. The Morgan fingerprint density at radius 1 is 0.333 bits per heavy atom. The monoisotopic (exact) mass is 883 g/mol. The van der Waals surface area contributed by atoms with Crippen molar-refractivity contribution in [3.8, 4) is 0 Å². The first-order chi connectivity index (χ1) is 31.0. The largest absolute Gasteiger partial charge is 0.462 e. The summed E-state index contributed by atoms with van der Waals surface area (Å²) in [5.41, 5.74) is 0. The zero-order chi connectivity index (χ0) is 45.8. The molecule has 0 heterocycles. The zero-order valence-corrected chi connectivity index (χ0v) is 41.8. The van der Waals surface area contributed by atoms with Crippen LogP contribution in [0.25, 0.3) is 0 Å². The van der Waals surface area contributed by atoms with E-state index in [-0.39, 0.29) is 31.1 Å². The Kier molecular flexibility index (Phi) is 49.8. The average molecular weight is 883 g/mol. The summed E-state index contributed by atoms with van der Waals surface area (Å²) in [5.74, 6) is -0.865. The summed E-state index contributed by atoms with van der Waals surface area (Å²) < 4.78 is 16.7. The van der Waals surface area contributed by atoms with Gasteiger partial charge in [0.05, 0.1) is 0 Å². The van der Waals surface area contributed by atoms with Gasteiger partial charge in [-0.2, -0.15) is 0 Å². The summed E-state index contributed by atoms with van der Waals surface area (Å²) in [6.07, 6.45) is 62.7. The Morgan fingerprint density at radius 3 is 0.968 bits per heavy atom. The third kappa shape index (κ3) is 50.2. The van der Waals surface area contributed by atoms with E-state index in [1.165, 1.54) is 154 Å². The van der Waals surface area contributed by atoms with Crippen LogP contribution in [-0.4, -0.2) is 37.2 Å². The third-order valence-electron chi connectivity index (χ3n) is 11.8. The molecule has 0 amide bonds. The Balaban J connectivity index is 4.06. The lowest BCUT2D eigenvalue weighted by Gasteiger charge is -2.18. The molecule has 1 unspecified atom stereocenters. The number of rotatable bonds is 49. The lowest BCUT2D eigenvalue weighted by atomic mass is 10.0. The number of carbonyl (C=O) groups is 3. The molecule has 0 aliphatic carbocycles. The zero-order valence-electron chi connectivity index (χ0n) is 41.8. The molecule has 0 bridgehead atoms. The van der Waals surface area contributed by atoms with Crippen molar-refractivity contribution in [2.45, 2.75) is 284 Å². The molecule has 63 heavy (non-hydrogen) atoms. The van der Waals surface area contributed by atoms with Crippen molar-refractivity contribution in [2.75, 3.05) is 13.2 Å². The van der Waals surface area contributed by atoms with E-state index in [1.807, 2.05) is 0 Å². The maximum Gasteiger partial charge on any atom is 0.306 e. The smallest absolute Gasteiger partial charge is 0.306 e. The topological polar surface area (TPSA) is 78.9 Å². The molecule has 6 heteroatoms. The van der Waals surface area contributed by atoms with Gasteiger partial charge in [-0.3, -0.25) is 14.4 Å². The highest BCUT2D eigenvalue weighted by molar-refractivity contribution is 5.71. The van der Waals surface area contributed by atoms with E-state index in [4.69, 9.17) is 14.2 Å². The van der Waals surface area contributed by atoms with Crippen molar-refractivity contribution >= 4 is 17.9 Å². The van der Waals surface area contributed by atoms with Gasteiger partial charge in [-0.15, -0.1) is 0 Å². The van der Waals surface area contributed by atoms with E-state index >= 15 is 0 Å². The van der Waals surface area contributed by atoms with Crippen molar-refractivity contribution in [3.63, 3.8) is 0 Å². The number of allylic oxidation sites excluding steroid dienone is 8. The number of carbonyl (C=O) groups excluding carboxylic acids is 3. The van der Waals surface area contributed by atoms with Crippen molar-refractivity contribution in [2.24, 2.45) is 0 Å². The van der Waals surface area contributed by atoms with Gasteiger partial charge in [0.15, 0.2) is 6.10 Å². The maximum atomic E-state index is 12.7. The van der Waals surface area contributed by atoms with Crippen LogP contribution in [0.5, 0.6) is 0 Å². The Morgan fingerprint density at radius 2 is 0.619 bits per heavy atom. The normalized spacial score (nSPS) is 12.4. The quantitative estimate of drug-likeness (QED) is 0.0262. The average Bonchev–Trinajstić information content (AvgIpc) is 3.28. The third-order valence-corrected chi connectivity index (χ3v) is 11.8. The van der Waals surface area contributed by atoms with Crippen LogP contribution in [-0.2, 0) is 28.6 Å². The second-order valence-electron chi connectivity index (χ2n) is 18.1. The molecule has 0 aliphatic heterocycles. The van der Waals surface area contributed by atoms with Crippen molar-refractivity contribution < 1.29 is 28.6 Å². The molecule has 0 saturated carbocycles. The highest BCUT2D eigenvalue weighted by Gasteiger charge is 2.19. The fraction of sp³-hybridized carbons (Fsp3) is 0.807. The summed E-state index contributed by atoms with van der Waals surface area (Å²) in [6.45, 7) is 6.50. The fourth-order valence-corrected chi connectivity index (χ4v) is 7.79. The molecule has 6 nitrogen and oxygen atoms in total. The minimum absolute atomic E-state index is 0.0686. The first-order valence-corrected chi connectivity index (χ1v) is 27.1. The number of esters is 3. The standard InChI is InChI=1S/C57H102O6/c1-4-7-10-13-16-19-20-21-22-23-24-25-26-27-28-29-30-31-32-33-34-35-36-39-41-44-47-50-56(59)62-53-54(63-57(60)51-48-45-42-38-18-15-12-9-6-3)52-61-55(58)49-46-43-40-37-17-14-11-8-5-2/h7,10,16,19,21-22,24-25,54H,4-6,8-9,11-15,17-18,20,23,26-53H2,1-3H3/b10-7-,19-16-,22-21-,25-24-. The van der Waals surface area contributed by atoms with Crippen molar-refractivity contribution in [1.29, 1.82) is 0 Å². The Bertz CT molecular complexity index is 1110. The van der Waals surface area contributed by atoms with Crippen LogP contribution in [0.3, 0.4) is 0 Å². The molecule has 0 aromatic carbocycles. The minimum atomic E-state index is -0.765. The molecule has 0 saturated heterocycles. The number of hydrogen-bond donors (Lipinski definition) is 0. The molecule has 0 aromatic rings. The SMILES string of the molecule is CC/C=C\C/C=C\C/C=C\C/C=C\CCCCCCCCCCCCCCCCC(=O)OCC(COC(=O)CCCCCCCCCCC)OC(=O)CCCCCCCCCCC. The van der Waals surface area contributed by atoms with Crippen LogP contribution in [0.2, 0.25) is 0 Å². The fourth-order valence-electron chi connectivity index (χ4n) is 7.79. The second kappa shape index (κ2) is 52.0. The van der Waals surface area contributed by atoms with Gasteiger partial charge < -0.3 is 14.2 Å². The van der Waals surface area contributed by atoms with Gasteiger partial charge in [0.1, 0.15) is 13.2 Å². The lowest BCUT2D eigenvalue weighted by Crippen LogP contribution is -2.30. The minimum Gasteiger partial charge on any atom is -0.462 e. The number of unbranched alkanes of at least 4 members (excludes halogenated alkanes) is 30. The van der Waals surface area contributed by atoms with Crippen LogP contribution in [0, 0.1) is 0 Å². The lowest BCUT2D eigenvalue weighted by molar-refractivity contribution is -0.167. The molecular weight excluding hydrogens is 781 g/mol. The summed E-state index contributed by atoms with van der Waals surface area (Å²) in [7, 11) is 0. The van der Waals surface area contributed by atoms with E-state index in [0.29, 0.717) is 19.3 Å². The summed E-state index contributed by atoms with van der Waals surface area (Å²) in [6, 6.07) is 0. The van der Waals surface area contributed by atoms with E-state index in [1.54, 1.807) is 0 Å². The summed E-state index contributed by atoms with van der Waals surface area (Å²) in [5, 5.41) is 0. The van der Waals surface area contributed by atoms with E-state index in [2.05, 4.69) is 69.4 Å². The first-order valence-electron chi connectivity index (χ1n) is 27.1. The molecule has 0 N–H and O–H groups in total. The van der Waals surface area contributed by atoms with Crippen LogP contribution in [0.4, 0.5) is 0 Å². The van der Waals surface area contributed by atoms with Crippen LogP contribution >= 0.6 is 0 Å². The predicted molar refractivity (Wildman–Crippen MR) is 270 cm³/mol. The van der Waals surface area contributed by atoms with Gasteiger partial charge in [0.2, 0.25) is 0 Å². The van der Waals surface area contributed by atoms with Gasteiger partial charge in [0.25, 0.3) is 0 Å². The summed E-state index contributed by atoms with van der Waals surface area (Å²) >= 11 is 0. The molecule has 0 spiro atoms. The van der Waals surface area contributed by atoms with Crippen LogP contribution in [0.1, 0.15) is 278 Å². The van der Waals surface area contributed by atoms with Gasteiger partial charge in [0, 0.05) is 19.3 Å². The van der Waals surface area contributed by atoms with Gasteiger partial charge in [-0.1, -0.05) is 249 Å². The van der Waals surface area contributed by atoms with Gasteiger partial charge in [-0.05, 0) is 57.8 Å². The predicted octanol–water partition coefficient (Wildman–Crippen LogP) is 17.9. The van der Waals surface area contributed by atoms with Crippen LogP contribution in [0.15, 0.2) is 48.6 Å². The van der Waals surface area contributed by atoms with Gasteiger partial charge >= 0.3 is 17.9 Å². The number of hydrogen-bond acceptors (Lipinski definition) is 6. The highest BCUT2D eigenvalue weighted by atomic mass is 16.6. The molecule has 366 valence electrons. The molecule has 1 atom stereocenters. The molecular formula is C57H102O6. The Labute approximate surface area is 390 Å². The van der Waals surface area contributed by atoms with Crippen molar-refractivity contribution in [3.05, 3.63) is 48.6 Å². The summed E-state index contributed by atoms with van der Waals surface area (Å²) in [4.78, 5) is 37.8. The molecule has 0 fully saturated rings. The first kappa shape index (κ1) is 60.4. The van der Waals surface area contributed by atoms with Crippen LogP contribution < -0.4 is 0 Å². The Hall–Kier alpha value is -2.63. The number of ether oxygens (including phenoxy) is 3. The molecule has 0 aliphatic rings. The maximum absolute atomic E-state index is 12.7. The van der Waals surface area contributed by atoms with Gasteiger partial charge in [-0.25, -0.2) is 0 Å². The van der Waals surface area contributed by atoms with E-state index in [9.17, 15) is 14.4 Å². The van der Waals surface area contributed by atoms with E-state index < -0.39 is 6.10 Å². The molecule has 0 radical (unpaired) electrons. The van der Waals surface area contributed by atoms with E-state index in [0.717, 1.165) is 83.5 Å². The van der Waals surface area contributed by atoms with Crippen molar-refractivity contribution in [1.82, 2.24) is 0 Å². The highest BCUT2D eigenvalue weighted by Crippen LogP contribution is 2.16.